The number of hydrogen-bond donors (Lipinski definition) is 1. The number of rotatable bonds is 4. The Morgan fingerprint density at radius 1 is 1.10 bits per heavy atom. The Balaban J connectivity index is 1.84. The summed E-state index contributed by atoms with van der Waals surface area (Å²) in [4.78, 5) is 11.6. The molecule has 102 valence electrons. The van der Waals surface area contributed by atoms with Gasteiger partial charge in [-0.15, -0.1) is 11.8 Å². The Kier molecular flexibility index (Phi) is 3.79. The molecular formula is C17H16O2S. The van der Waals surface area contributed by atoms with Crippen molar-refractivity contribution in [1.82, 2.24) is 0 Å². The first-order valence-electron chi connectivity index (χ1n) is 6.76. The number of carboxylic acid groups (broad SMARTS) is 1. The number of hydrogen-bond acceptors (Lipinski definition) is 2. The summed E-state index contributed by atoms with van der Waals surface area (Å²) in [6.07, 6.45) is 2.08. The second-order valence-electron chi connectivity index (χ2n) is 4.99. The number of carboxylic acids is 1. The third kappa shape index (κ3) is 2.59. The molecule has 0 bridgehead atoms. The zero-order valence-corrected chi connectivity index (χ0v) is 11.8. The SMILES string of the molecule is O=C(O)C(SC1CCc2ccccc21)c1ccccc1. The van der Waals surface area contributed by atoms with Gasteiger partial charge in [0.05, 0.1) is 0 Å². The quantitative estimate of drug-likeness (QED) is 0.912. The summed E-state index contributed by atoms with van der Waals surface area (Å²) in [6, 6.07) is 17.9. The molecule has 2 nitrogen and oxygen atoms in total. The minimum atomic E-state index is -0.759. The molecular weight excluding hydrogens is 268 g/mol. The molecule has 0 fully saturated rings. The van der Waals surface area contributed by atoms with Gasteiger partial charge >= 0.3 is 5.97 Å². The fraction of sp³-hybridized carbons (Fsp3) is 0.235. The lowest BCUT2D eigenvalue weighted by atomic mass is 10.1. The van der Waals surface area contributed by atoms with Crippen molar-refractivity contribution in [3.63, 3.8) is 0 Å². The van der Waals surface area contributed by atoms with Crippen LogP contribution in [-0.4, -0.2) is 11.1 Å². The van der Waals surface area contributed by atoms with Gasteiger partial charge in [-0.25, -0.2) is 0 Å². The van der Waals surface area contributed by atoms with E-state index < -0.39 is 11.2 Å². The van der Waals surface area contributed by atoms with E-state index in [9.17, 15) is 9.90 Å². The topological polar surface area (TPSA) is 37.3 Å². The minimum absolute atomic E-state index is 0.285. The van der Waals surface area contributed by atoms with Gasteiger partial charge in [0.15, 0.2) is 0 Å². The molecule has 3 rings (SSSR count). The van der Waals surface area contributed by atoms with Crippen LogP contribution in [0.1, 0.15) is 33.6 Å². The maximum Gasteiger partial charge on any atom is 0.321 e. The van der Waals surface area contributed by atoms with E-state index in [1.54, 1.807) is 11.8 Å². The normalized spacial score (nSPS) is 18.5. The highest BCUT2D eigenvalue weighted by Crippen LogP contribution is 2.47. The number of fused-ring (bicyclic) bond motifs is 1. The molecule has 1 aliphatic carbocycles. The molecule has 2 aromatic carbocycles. The zero-order chi connectivity index (χ0) is 13.9. The summed E-state index contributed by atoms with van der Waals surface area (Å²) in [5.41, 5.74) is 3.54. The molecule has 0 amide bonds. The first-order chi connectivity index (χ1) is 9.75. The predicted molar refractivity (Wildman–Crippen MR) is 81.9 cm³/mol. The van der Waals surface area contributed by atoms with Gasteiger partial charge in [0.2, 0.25) is 0 Å². The van der Waals surface area contributed by atoms with Crippen LogP contribution in [0, 0.1) is 0 Å². The highest BCUT2D eigenvalue weighted by molar-refractivity contribution is 8.00. The number of aryl methyl sites for hydroxylation is 1. The van der Waals surface area contributed by atoms with E-state index in [-0.39, 0.29) is 5.25 Å². The van der Waals surface area contributed by atoms with Gasteiger partial charge in [-0.3, -0.25) is 4.79 Å². The van der Waals surface area contributed by atoms with Gasteiger partial charge < -0.3 is 5.11 Å². The molecule has 0 radical (unpaired) electrons. The van der Waals surface area contributed by atoms with E-state index in [1.165, 1.54) is 11.1 Å². The molecule has 2 atom stereocenters. The van der Waals surface area contributed by atoms with Crippen molar-refractivity contribution in [2.24, 2.45) is 0 Å². The van der Waals surface area contributed by atoms with Crippen LogP contribution in [0.15, 0.2) is 54.6 Å². The molecule has 2 unspecified atom stereocenters. The van der Waals surface area contributed by atoms with Crippen molar-refractivity contribution in [2.75, 3.05) is 0 Å². The third-order valence-electron chi connectivity index (χ3n) is 3.70. The molecule has 0 aromatic heterocycles. The van der Waals surface area contributed by atoms with E-state index >= 15 is 0 Å². The van der Waals surface area contributed by atoms with Crippen molar-refractivity contribution in [3.8, 4) is 0 Å². The Hall–Kier alpha value is -1.74. The van der Waals surface area contributed by atoms with Crippen molar-refractivity contribution < 1.29 is 9.90 Å². The molecule has 0 spiro atoms. The first kappa shape index (κ1) is 13.3. The van der Waals surface area contributed by atoms with Crippen molar-refractivity contribution >= 4 is 17.7 Å². The average molecular weight is 284 g/mol. The van der Waals surface area contributed by atoms with Crippen LogP contribution in [0.5, 0.6) is 0 Å². The van der Waals surface area contributed by atoms with Crippen LogP contribution < -0.4 is 0 Å². The molecule has 0 heterocycles. The summed E-state index contributed by atoms with van der Waals surface area (Å²) in [6.45, 7) is 0. The highest BCUT2D eigenvalue weighted by Gasteiger charge is 2.29. The number of benzene rings is 2. The van der Waals surface area contributed by atoms with Gasteiger partial charge in [0.25, 0.3) is 0 Å². The summed E-state index contributed by atoms with van der Waals surface area (Å²) < 4.78 is 0. The van der Waals surface area contributed by atoms with Crippen LogP contribution >= 0.6 is 11.8 Å². The van der Waals surface area contributed by atoms with Gasteiger partial charge in [-0.05, 0) is 29.5 Å². The third-order valence-corrected chi connectivity index (χ3v) is 5.27. The number of carbonyl (C=O) groups is 1. The van der Waals surface area contributed by atoms with E-state index in [0.29, 0.717) is 0 Å². The largest absolute Gasteiger partial charge is 0.480 e. The van der Waals surface area contributed by atoms with E-state index in [2.05, 4.69) is 18.2 Å². The predicted octanol–water partition coefficient (Wildman–Crippen LogP) is 4.23. The summed E-state index contributed by atoms with van der Waals surface area (Å²) in [5, 5.41) is 9.31. The lowest BCUT2D eigenvalue weighted by molar-refractivity contribution is -0.136. The van der Waals surface area contributed by atoms with Gasteiger partial charge in [0.1, 0.15) is 5.25 Å². The van der Waals surface area contributed by atoms with E-state index in [1.807, 2.05) is 36.4 Å². The maximum absolute atomic E-state index is 11.6. The molecule has 1 N–H and O–H groups in total. The zero-order valence-electron chi connectivity index (χ0n) is 11.0. The monoisotopic (exact) mass is 284 g/mol. The molecule has 0 saturated carbocycles. The fourth-order valence-corrected chi connectivity index (χ4v) is 4.12. The summed E-state index contributed by atoms with van der Waals surface area (Å²) in [5.74, 6) is -0.759. The Morgan fingerprint density at radius 2 is 1.80 bits per heavy atom. The highest BCUT2D eigenvalue weighted by atomic mass is 32.2. The molecule has 1 aliphatic rings. The standard InChI is InChI=1S/C17H16O2S/c18-17(19)16(13-7-2-1-3-8-13)20-15-11-10-12-6-4-5-9-14(12)15/h1-9,15-16H,10-11H2,(H,18,19). The van der Waals surface area contributed by atoms with Gasteiger partial charge in [-0.1, -0.05) is 54.6 Å². The minimum Gasteiger partial charge on any atom is -0.480 e. The van der Waals surface area contributed by atoms with E-state index in [4.69, 9.17) is 0 Å². The van der Waals surface area contributed by atoms with Crippen LogP contribution in [0.25, 0.3) is 0 Å². The van der Waals surface area contributed by atoms with Crippen LogP contribution in [-0.2, 0) is 11.2 Å². The lowest BCUT2D eigenvalue weighted by Crippen LogP contribution is -2.09. The lowest BCUT2D eigenvalue weighted by Gasteiger charge is -2.18. The van der Waals surface area contributed by atoms with Crippen molar-refractivity contribution in [2.45, 2.75) is 23.3 Å². The summed E-state index contributed by atoms with van der Waals surface area (Å²) >= 11 is 1.56. The van der Waals surface area contributed by atoms with E-state index in [0.717, 1.165) is 18.4 Å². The van der Waals surface area contributed by atoms with Crippen molar-refractivity contribution in [3.05, 3.63) is 71.3 Å². The Bertz CT molecular complexity index is 609. The van der Waals surface area contributed by atoms with Gasteiger partial charge in [0, 0.05) is 5.25 Å². The fourth-order valence-electron chi connectivity index (χ4n) is 2.73. The summed E-state index contributed by atoms with van der Waals surface area (Å²) in [7, 11) is 0. The molecule has 2 aromatic rings. The Labute approximate surface area is 122 Å². The smallest absolute Gasteiger partial charge is 0.321 e. The molecule has 20 heavy (non-hydrogen) atoms. The Morgan fingerprint density at radius 3 is 2.55 bits per heavy atom. The second-order valence-corrected chi connectivity index (χ2v) is 6.30. The molecule has 0 aliphatic heterocycles. The number of thioether (sulfide) groups is 1. The van der Waals surface area contributed by atoms with Crippen LogP contribution in [0.4, 0.5) is 0 Å². The maximum atomic E-state index is 11.6. The number of aliphatic carboxylic acids is 1. The van der Waals surface area contributed by atoms with Crippen LogP contribution in [0.3, 0.4) is 0 Å². The van der Waals surface area contributed by atoms with Crippen molar-refractivity contribution in [1.29, 1.82) is 0 Å². The molecule has 0 saturated heterocycles. The van der Waals surface area contributed by atoms with Crippen LogP contribution in [0.2, 0.25) is 0 Å². The molecule has 3 heteroatoms. The first-order valence-corrected chi connectivity index (χ1v) is 7.71. The van der Waals surface area contributed by atoms with Gasteiger partial charge in [-0.2, -0.15) is 0 Å². The second kappa shape index (κ2) is 5.71. The average Bonchev–Trinajstić information content (AvgIpc) is 2.88.